The van der Waals surface area contributed by atoms with Crippen LogP contribution in [0.3, 0.4) is 0 Å². The summed E-state index contributed by atoms with van der Waals surface area (Å²) in [7, 11) is 0. The van der Waals surface area contributed by atoms with Gasteiger partial charge in [-0.3, -0.25) is 4.57 Å². The van der Waals surface area contributed by atoms with E-state index in [1.165, 1.54) is 16.7 Å². The molecule has 0 bridgehead atoms. The predicted octanol–water partition coefficient (Wildman–Crippen LogP) is 12.2. The molecule has 0 radical (unpaired) electrons. The van der Waals surface area contributed by atoms with E-state index in [1.54, 1.807) is 0 Å². The second-order valence-electron chi connectivity index (χ2n) is 19.3. The molecule has 0 aliphatic carbocycles. The third kappa shape index (κ3) is 7.90. The molecule has 5 nitrogen and oxygen atoms in total. The van der Waals surface area contributed by atoms with Crippen LogP contribution in [0.1, 0.15) is 117 Å². The average molecular weight is 924 g/mol. The first-order valence-corrected chi connectivity index (χ1v) is 19.5. The zero-order chi connectivity index (χ0) is 39.8. The third-order valence-electron chi connectivity index (χ3n) is 10.9. The summed E-state index contributed by atoms with van der Waals surface area (Å²) < 4.78 is 13.3. The van der Waals surface area contributed by atoms with Crippen molar-refractivity contribution < 1.29 is 30.4 Å². The maximum Gasteiger partial charge on any atom is 0.267 e. The summed E-state index contributed by atoms with van der Waals surface area (Å²) in [5.74, 6) is 2.11. The molecule has 7 aromatic rings. The Balaban J connectivity index is 0.00000532. The van der Waals surface area contributed by atoms with Crippen molar-refractivity contribution in [2.45, 2.75) is 119 Å². The van der Waals surface area contributed by atoms with Gasteiger partial charge in [0.15, 0.2) is 0 Å². The van der Waals surface area contributed by atoms with Crippen molar-refractivity contribution in [3.8, 4) is 28.7 Å². The topological polar surface area (TPSA) is 35.9 Å². The van der Waals surface area contributed by atoms with Crippen molar-refractivity contribution in [3.63, 3.8) is 0 Å². The molecule has 3 aromatic heterocycles. The number of hydrogen-bond acceptors (Lipinski definition) is 2. The van der Waals surface area contributed by atoms with E-state index < -0.39 is 0 Å². The summed E-state index contributed by atoms with van der Waals surface area (Å²) in [5, 5.41) is 2.25. The average Bonchev–Trinajstić information content (AvgIpc) is 3.59. The molecular weight excluding hydrogens is 868 g/mol. The first-order valence-electron chi connectivity index (χ1n) is 19.5. The number of imidazole rings is 1. The Hall–Kier alpha value is -4.47. The summed E-state index contributed by atoms with van der Waals surface area (Å²) in [6.45, 7) is 31.4. The van der Waals surface area contributed by atoms with Crippen LogP contribution >= 0.6 is 0 Å². The fourth-order valence-corrected chi connectivity index (χ4v) is 7.10. The number of aromatic nitrogens is 4. The molecule has 3 heterocycles. The summed E-state index contributed by atoms with van der Waals surface area (Å²) in [4.78, 5) is 4.85. The van der Waals surface area contributed by atoms with Gasteiger partial charge in [-0.25, -0.2) is 4.98 Å². The third-order valence-corrected chi connectivity index (χ3v) is 10.9. The number of pyridine rings is 1. The van der Waals surface area contributed by atoms with Gasteiger partial charge in [0, 0.05) is 50.0 Å². The Morgan fingerprint density at radius 3 is 1.84 bits per heavy atom. The van der Waals surface area contributed by atoms with E-state index in [9.17, 15) is 0 Å². The molecule has 0 amide bonds. The van der Waals surface area contributed by atoms with Crippen molar-refractivity contribution >= 4 is 21.8 Å². The predicted molar refractivity (Wildman–Crippen MR) is 227 cm³/mol. The molecule has 0 N–H and O–H groups in total. The fraction of sp³-hybridized carbons (Fsp3) is 0.360. The number of benzene rings is 4. The van der Waals surface area contributed by atoms with Gasteiger partial charge in [-0.2, -0.15) is 17.7 Å². The summed E-state index contributed by atoms with van der Waals surface area (Å²) in [6, 6.07) is 35.5. The molecule has 0 fully saturated rings. The Labute approximate surface area is 349 Å². The molecule has 294 valence electrons. The number of fused-ring (bicyclic) bond motifs is 3. The Morgan fingerprint density at radius 2 is 1.21 bits per heavy atom. The number of para-hydroxylation sites is 1. The minimum Gasteiger partial charge on any atom is -0.510 e. The van der Waals surface area contributed by atoms with Crippen LogP contribution in [0, 0.1) is 32.3 Å². The summed E-state index contributed by atoms with van der Waals surface area (Å²) in [5.41, 5.74) is 11.0. The zero-order valence-corrected chi connectivity index (χ0v) is 37.9. The number of rotatable bonds is 5. The van der Waals surface area contributed by atoms with Crippen LogP contribution in [0.25, 0.3) is 39.0 Å². The Bertz CT molecular complexity index is 2550. The molecule has 0 spiro atoms. The van der Waals surface area contributed by atoms with E-state index in [-0.39, 0.29) is 42.7 Å². The van der Waals surface area contributed by atoms with Gasteiger partial charge in [0.05, 0.1) is 11.4 Å². The van der Waals surface area contributed by atoms with Gasteiger partial charge >= 0.3 is 0 Å². The van der Waals surface area contributed by atoms with E-state index in [4.69, 9.17) is 9.72 Å². The van der Waals surface area contributed by atoms with E-state index in [1.807, 2.05) is 12.3 Å². The van der Waals surface area contributed by atoms with Gasteiger partial charge in [-0.15, -0.1) is 29.7 Å². The van der Waals surface area contributed by atoms with E-state index in [0.29, 0.717) is 11.5 Å². The summed E-state index contributed by atoms with van der Waals surface area (Å²) >= 11 is 0. The first-order chi connectivity index (χ1) is 25.6. The number of hydrogen-bond donors (Lipinski definition) is 0. The van der Waals surface area contributed by atoms with Crippen LogP contribution in [0.15, 0.2) is 85.1 Å². The van der Waals surface area contributed by atoms with Gasteiger partial charge in [-0.1, -0.05) is 113 Å². The van der Waals surface area contributed by atoms with Gasteiger partial charge in [-0.05, 0) is 93.6 Å². The monoisotopic (exact) mass is 923 g/mol. The molecule has 6 heteroatoms. The van der Waals surface area contributed by atoms with Gasteiger partial charge < -0.3 is 13.9 Å². The van der Waals surface area contributed by atoms with Crippen LogP contribution < -0.4 is 9.30 Å². The van der Waals surface area contributed by atoms with Crippen LogP contribution in [0.5, 0.6) is 11.5 Å². The smallest absolute Gasteiger partial charge is 0.267 e. The normalized spacial score (nSPS) is 12.7. The number of nitrogens with zero attached hydrogens (tertiary/aromatic N) is 4. The second-order valence-corrected chi connectivity index (χ2v) is 19.3. The van der Waals surface area contributed by atoms with Crippen LogP contribution in [-0.4, -0.2) is 14.1 Å². The van der Waals surface area contributed by atoms with Crippen molar-refractivity contribution in [3.05, 3.63) is 137 Å². The molecule has 56 heavy (non-hydrogen) atoms. The van der Waals surface area contributed by atoms with Crippen molar-refractivity contribution in [2.24, 2.45) is 0 Å². The van der Waals surface area contributed by atoms with Crippen LogP contribution in [0.2, 0.25) is 0 Å². The number of ether oxygens (including phenoxy) is 1. The van der Waals surface area contributed by atoms with Crippen molar-refractivity contribution in [2.75, 3.05) is 0 Å². The molecule has 0 aliphatic rings. The van der Waals surface area contributed by atoms with Crippen molar-refractivity contribution in [1.29, 1.82) is 0 Å². The molecule has 0 atom stereocenters. The zero-order valence-electron chi connectivity index (χ0n) is 35.6. The van der Waals surface area contributed by atoms with E-state index in [0.717, 1.165) is 55.9 Å². The van der Waals surface area contributed by atoms with Gasteiger partial charge in [0.1, 0.15) is 5.82 Å². The Kier molecular flexibility index (Phi) is 10.6. The van der Waals surface area contributed by atoms with Crippen LogP contribution in [0.4, 0.5) is 0 Å². The standard InChI is InChI=1S/C50H56N4O.Pt/c1-32-33(2)53(31-52(32)38-24-35(48(6,7)8)23-36(25-38)49(9,10)11)39-26-37(50(12,13)14)27-41(29-39)55-40-19-20-43-42-17-15-16-18-44(42)54(45(43)30-40)46-28-34(21-22-51-46)47(3,4)5;/h15-28H,1-14H3;/q-2;. The maximum absolute atomic E-state index is 6.74. The van der Waals surface area contributed by atoms with Crippen LogP contribution in [-0.2, 0) is 42.7 Å². The fourth-order valence-electron chi connectivity index (χ4n) is 7.10. The van der Waals surface area contributed by atoms with Gasteiger partial charge in [0.25, 0.3) is 6.33 Å². The molecule has 0 saturated heterocycles. The largest absolute Gasteiger partial charge is 0.510 e. The summed E-state index contributed by atoms with van der Waals surface area (Å²) in [6.07, 6.45) is 5.62. The molecule has 7 rings (SSSR count). The quantitative estimate of drug-likeness (QED) is 0.127. The molecule has 0 unspecified atom stereocenters. The Morgan fingerprint density at radius 1 is 0.607 bits per heavy atom. The molecule has 4 aromatic carbocycles. The molecular formula is C50H56N4OPt-2. The van der Waals surface area contributed by atoms with Crippen molar-refractivity contribution in [1.82, 2.24) is 14.1 Å². The minimum atomic E-state index is -0.138. The first kappa shape index (κ1) is 41.2. The van der Waals surface area contributed by atoms with E-state index >= 15 is 0 Å². The SMILES string of the molecule is Cc1c(C)[n+](-c2cc(C(C)(C)C)cc(C(C)(C)C)c2)[c-]n1-c1[c-]c(Oc2[c-]c3c(cc2)c2ccccc2n3-c2cc(C(C)(C)C)ccn2)cc(C(C)(C)C)c1.[Pt]. The molecule has 0 saturated carbocycles. The van der Waals surface area contributed by atoms with Gasteiger partial charge in [0.2, 0.25) is 0 Å². The maximum atomic E-state index is 6.74. The van der Waals surface area contributed by atoms with E-state index in [2.05, 4.69) is 202 Å². The molecule has 0 aliphatic heterocycles. The minimum absolute atomic E-state index is 0. The second kappa shape index (κ2) is 14.5.